The molecule has 5 N–H and O–H groups in total. The summed E-state index contributed by atoms with van der Waals surface area (Å²) in [7, 11) is 1.60. The van der Waals surface area contributed by atoms with E-state index < -0.39 is 62.8 Å². The number of rotatable bonds is 8. The summed E-state index contributed by atoms with van der Waals surface area (Å²) in [5.41, 5.74) is 11.0. The van der Waals surface area contributed by atoms with Crippen molar-refractivity contribution in [3.05, 3.63) is 265 Å². The lowest BCUT2D eigenvalue weighted by molar-refractivity contribution is -0.384. The Hall–Kier alpha value is -13.5. The first-order chi connectivity index (χ1) is 49.9. The summed E-state index contributed by atoms with van der Waals surface area (Å²) >= 11 is 0. The Labute approximate surface area is 591 Å². The topological polar surface area (TPSA) is 366 Å². The number of carbonyl (C=O) groups is 10. The van der Waals surface area contributed by atoms with Crippen LogP contribution in [0, 0.1) is 15.5 Å². The molecule has 0 bridgehead atoms. The van der Waals surface area contributed by atoms with Gasteiger partial charge in [0.15, 0.2) is 0 Å². The number of ketones is 10. The highest BCUT2D eigenvalue weighted by Crippen LogP contribution is 2.43. The zero-order valence-corrected chi connectivity index (χ0v) is 56.6. The molecule has 5 heterocycles. The molecule has 514 valence electrons. The number of non-ortho nitro benzene ring substituents is 1. The van der Waals surface area contributed by atoms with Gasteiger partial charge in [0, 0.05) is 98.0 Å². The Kier molecular flexibility index (Phi) is 17.5. The summed E-state index contributed by atoms with van der Waals surface area (Å²) in [4.78, 5) is 169. The monoisotopic (exact) mass is 1380 g/mol. The number of ether oxygens (including phenoxy) is 1. The fourth-order valence-corrected chi connectivity index (χ4v) is 12.7. The lowest BCUT2D eigenvalue weighted by Crippen LogP contribution is -2.21. The highest BCUT2D eigenvalue weighted by atomic mass is 16.6. The molecule has 1 saturated carbocycles. The molecule has 7 aromatic carbocycles. The second-order valence-corrected chi connectivity index (χ2v) is 26.8. The molecule has 0 saturated heterocycles. The fourth-order valence-electron chi connectivity index (χ4n) is 12.7. The average molecular weight is 1380 g/mol. The first kappa shape index (κ1) is 67.7. The van der Waals surface area contributed by atoms with Crippen LogP contribution in [0.5, 0.6) is 5.75 Å². The highest BCUT2D eigenvalue weighted by Gasteiger charge is 2.40. The molecule has 6 aliphatic rings. The van der Waals surface area contributed by atoms with E-state index in [9.17, 15) is 58.1 Å². The molecule has 104 heavy (non-hydrogen) atoms. The second-order valence-electron chi connectivity index (χ2n) is 26.8. The molecule has 24 nitrogen and oxygen atoms in total. The van der Waals surface area contributed by atoms with Crippen LogP contribution in [-0.4, -0.2) is 120 Å². The molecule has 12 aromatic rings. The minimum Gasteiger partial charge on any atom is -0.497 e. The minimum absolute atomic E-state index is 0.0310. The van der Waals surface area contributed by atoms with Crippen LogP contribution in [0.1, 0.15) is 192 Å². The van der Waals surface area contributed by atoms with Gasteiger partial charge in [-0.1, -0.05) is 162 Å². The molecule has 0 atom stereocenters. The Morgan fingerprint density at radius 1 is 0.433 bits per heavy atom. The van der Waals surface area contributed by atoms with E-state index in [-0.39, 0.29) is 34.0 Å². The number of aromatic amines is 5. The smallest absolute Gasteiger partial charge is 0.270 e. The van der Waals surface area contributed by atoms with Crippen molar-refractivity contribution in [1.82, 2.24) is 49.8 Å². The molecule has 24 heteroatoms. The largest absolute Gasteiger partial charge is 0.497 e. The van der Waals surface area contributed by atoms with Crippen molar-refractivity contribution in [2.75, 3.05) is 7.11 Å². The normalized spacial score (nSPS) is 14.0. The summed E-state index contributed by atoms with van der Waals surface area (Å²) in [6, 6.07) is 49.5. The van der Waals surface area contributed by atoms with Crippen LogP contribution in [0.4, 0.5) is 5.69 Å². The fraction of sp³-hybridized carbons (Fsp3) is 0.163. The Bertz CT molecular complexity index is 5660. The third-order valence-electron chi connectivity index (χ3n) is 18.0. The Morgan fingerprint density at radius 3 is 1.29 bits per heavy atom. The number of benzene rings is 7. The third-order valence-corrected chi connectivity index (χ3v) is 18.0. The third kappa shape index (κ3) is 12.6. The van der Waals surface area contributed by atoms with E-state index in [1.807, 2.05) is 111 Å². The van der Waals surface area contributed by atoms with Gasteiger partial charge in [-0.15, -0.1) is 0 Å². The summed E-state index contributed by atoms with van der Waals surface area (Å²) in [6.45, 7) is 10.1. The molecule has 0 radical (unpaired) electrons. The van der Waals surface area contributed by atoms with Gasteiger partial charge in [-0.25, -0.2) is 24.9 Å². The van der Waals surface area contributed by atoms with Crippen LogP contribution < -0.4 is 4.74 Å². The molecule has 0 spiro atoms. The molecular formula is C80H61N11O13. The molecule has 0 amide bonds. The maximum absolute atomic E-state index is 12.3. The van der Waals surface area contributed by atoms with Crippen molar-refractivity contribution in [3.8, 4) is 73.4 Å². The van der Waals surface area contributed by atoms with Crippen molar-refractivity contribution in [1.29, 1.82) is 0 Å². The lowest BCUT2D eigenvalue weighted by atomic mass is 9.90. The van der Waals surface area contributed by atoms with Gasteiger partial charge in [0.05, 0.1) is 12.0 Å². The average Bonchev–Trinajstić information content (AvgIpc) is 1.59. The Morgan fingerprint density at radius 2 is 0.827 bits per heavy atom. The number of aromatic nitrogens is 10. The van der Waals surface area contributed by atoms with E-state index in [4.69, 9.17) is 4.74 Å². The number of nitro benzene ring substituents is 1. The summed E-state index contributed by atoms with van der Waals surface area (Å²) in [5, 5.41) is 10.8. The van der Waals surface area contributed by atoms with Crippen molar-refractivity contribution in [2.45, 2.75) is 72.1 Å². The van der Waals surface area contributed by atoms with E-state index in [2.05, 4.69) is 70.6 Å². The van der Waals surface area contributed by atoms with Crippen molar-refractivity contribution in [2.24, 2.45) is 5.41 Å². The van der Waals surface area contributed by atoms with Gasteiger partial charge >= 0.3 is 0 Å². The van der Waals surface area contributed by atoms with Gasteiger partial charge in [0.2, 0.25) is 28.9 Å². The number of fused-ring (bicyclic) bond motifs is 15. The number of nitrogens with one attached hydrogen (secondary N) is 5. The van der Waals surface area contributed by atoms with Crippen molar-refractivity contribution < 1.29 is 57.6 Å². The van der Waals surface area contributed by atoms with E-state index >= 15 is 0 Å². The predicted molar refractivity (Wildman–Crippen MR) is 381 cm³/mol. The van der Waals surface area contributed by atoms with Gasteiger partial charge in [0.1, 0.15) is 91.8 Å². The number of nitrogens with zero attached hydrogens (tertiary/aromatic N) is 6. The van der Waals surface area contributed by atoms with E-state index in [1.54, 1.807) is 61.7 Å². The first-order valence-electron chi connectivity index (χ1n) is 33.2. The standard InChI is InChI=1S/C18H12N2O3.C18H12N2O2.C16H16N2O2.C14H11N3O4.C14H10N2O2/c1-23-11-8-6-10(7-9-11)18-19-14-12-4-2-3-5-13(12)16(21)17(22)15(14)20-18;21-17-13-9-5-4-8-12(13)15-16(18(17)22)20-14(19-15)10-11-6-2-1-3-7-11;1-16(2,3)8-11-17-12-9-6-4-5-7-10(9)14(19)15(20)13(12)18-11;1-6(2)14-15-10-8-4-3-7(17(20)21)5-9(8)12(18)13(19)11(10)16-14;17-12-9-4-2-1-3-8(9)10-11(13(12)18)16-14(15-10)7-5-6-7/h2-9H,1H3,(H,19,20);1-9H,10H2,(H,19,20);4-7H,8H2,1-3H3,(H,17,18);3-6H,1-2H3,(H,15,16);1-4,7H,5-6H2,(H,15,16). The molecule has 1 fully saturated rings. The quantitative estimate of drug-likeness (QED) is 0.0536. The number of carbonyl (C=O) groups excluding carboxylic acids is 10. The molecule has 0 aliphatic heterocycles. The zero-order valence-electron chi connectivity index (χ0n) is 56.6. The van der Waals surface area contributed by atoms with Gasteiger partial charge in [-0.05, 0) is 54.2 Å². The SMILES string of the molecule is CC(C)(C)Cc1nc2c([nH]1)C(=O)C(=O)c1ccccc1-2.CC(C)c1nc2c([nH]1)C(=O)C(=O)c1cc([N+](=O)[O-])ccc1-2.COc1ccc(-c2nc3c([nH]2)C(=O)C(=O)c2ccccc2-3)cc1.O=C1C(=O)c2[nH]c(C3CC3)nc2-c2ccccc21.O=C1C(=O)c2[nH]c(Cc3ccccc3)nc2-c2ccccc21. The van der Waals surface area contributed by atoms with E-state index in [0.717, 1.165) is 70.5 Å². The summed E-state index contributed by atoms with van der Waals surface area (Å²) < 4.78 is 5.13. The second kappa shape index (κ2) is 26.9. The maximum atomic E-state index is 12.3. The van der Waals surface area contributed by atoms with Crippen molar-refractivity contribution in [3.63, 3.8) is 0 Å². The molecular weight excluding hydrogens is 1320 g/mol. The molecule has 0 unspecified atom stereocenters. The summed E-state index contributed by atoms with van der Waals surface area (Å²) in [5.74, 6) is -0.680. The van der Waals surface area contributed by atoms with Crippen LogP contribution in [0.3, 0.4) is 0 Å². The number of imidazole rings is 5. The lowest BCUT2D eigenvalue weighted by Gasteiger charge is -2.15. The van der Waals surface area contributed by atoms with E-state index in [0.29, 0.717) is 109 Å². The van der Waals surface area contributed by atoms with Crippen LogP contribution in [-0.2, 0) is 12.8 Å². The van der Waals surface area contributed by atoms with Crippen LogP contribution >= 0.6 is 0 Å². The predicted octanol–water partition coefficient (Wildman–Crippen LogP) is 14.0. The number of methoxy groups -OCH3 is 1. The number of hydrogen-bond acceptors (Lipinski definition) is 18. The number of nitro groups is 1. The minimum atomic E-state index is -0.750. The maximum Gasteiger partial charge on any atom is 0.270 e. The van der Waals surface area contributed by atoms with Crippen molar-refractivity contribution >= 4 is 63.5 Å². The van der Waals surface area contributed by atoms with Crippen LogP contribution in [0.25, 0.3) is 67.7 Å². The summed E-state index contributed by atoms with van der Waals surface area (Å²) in [6.07, 6.45) is 3.54. The van der Waals surface area contributed by atoms with Crippen LogP contribution in [0.15, 0.2) is 170 Å². The molecule has 5 aromatic heterocycles. The van der Waals surface area contributed by atoms with Gasteiger partial charge in [-0.2, -0.15) is 0 Å². The number of H-pyrrole nitrogens is 5. The molecule has 18 rings (SSSR count). The number of Topliss-reactive ketones (excluding diaryl/α,β-unsaturated/α-hetero) is 10. The number of hydrogen-bond donors (Lipinski definition) is 5. The first-order valence-corrected chi connectivity index (χ1v) is 33.2. The molecule has 6 aliphatic carbocycles. The van der Waals surface area contributed by atoms with Crippen LogP contribution in [0.2, 0.25) is 0 Å². The van der Waals surface area contributed by atoms with Gasteiger partial charge in [0.25, 0.3) is 34.6 Å². The zero-order chi connectivity index (χ0) is 73.2. The van der Waals surface area contributed by atoms with E-state index in [1.165, 1.54) is 12.1 Å². The highest BCUT2D eigenvalue weighted by molar-refractivity contribution is 6.55. The van der Waals surface area contributed by atoms with Gasteiger partial charge < -0.3 is 29.7 Å². The Balaban J connectivity index is 0.000000110. The van der Waals surface area contributed by atoms with Gasteiger partial charge in [-0.3, -0.25) is 58.1 Å².